The van der Waals surface area contributed by atoms with E-state index in [1.54, 1.807) is 6.07 Å². The highest BCUT2D eigenvalue weighted by Crippen LogP contribution is 2.46. The number of halogens is 1. The number of nitriles is 1. The molecule has 0 radical (unpaired) electrons. The summed E-state index contributed by atoms with van der Waals surface area (Å²) in [6.07, 6.45) is 2.45. The van der Waals surface area contributed by atoms with Crippen molar-refractivity contribution in [1.82, 2.24) is 24.6 Å². The minimum absolute atomic E-state index is 0.244. The lowest BCUT2D eigenvalue weighted by Crippen LogP contribution is -2.73. The molecule has 0 N–H and O–H groups in total. The van der Waals surface area contributed by atoms with Gasteiger partial charge in [-0.05, 0) is 55.7 Å². The van der Waals surface area contributed by atoms with Crippen LogP contribution in [0.15, 0.2) is 36.4 Å². The third-order valence-electron chi connectivity index (χ3n) is 7.99. The van der Waals surface area contributed by atoms with Crippen LogP contribution in [0, 0.1) is 16.7 Å². The fourth-order valence-electron chi connectivity index (χ4n) is 5.76. The number of nitrogens with zero attached hydrogens (tertiary/aromatic N) is 8. The van der Waals surface area contributed by atoms with Gasteiger partial charge >= 0.3 is 0 Å². The summed E-state index contributed by atoms with van der Waals surface area (Å²) < 4.78 is 2.25. The first-order chi connectivity index (χ1) is 16.5. The van der Waals surface area contributed by atoms with Crippen molar-refractivity contribution in [2.75, 3.05) is 36.0 Å². The van der Waals surface area contributed by atoms with E-state index in [2.05, 4.69) is 59.6 Å². The molecule has 4 aliphatic rings. The van der Waals surface area contributed by atoms with Crippen LogP contribution in [0.25, 0.3) is 5.69 Å². The molecule has 3 fully saturated rings. The molecule has 0 unspecified atom stereocenters. The van der Waals surface area contributed by atoms with Crippen LogP contribution in [0.5, 0.6) is 0 Å². The largest absolute Gasteiger partial charge is 0.355 e. The maximum atomic E-state index is 9.14. The van der Waals surface area contributed by atoms with Crippen molar-refractivity contribution in [1.29, 1.82) is 5.26 Å². The first-order valence-electron chi connectivity index (χ1n) is 11.8. The summed E-state index contributed by atoms with van der Waals surface area (Å²) >= 11 is 6.40. The topological polar surface area (TPSA) is 77.1 Å². The first-order valence-corrected chi connectivity index (χ1v) is 12.2. The van der Waals surface area contributed by atoms with Gasteiger partial charge in [0, 0.05) is 48.7 Å². The summed E-state index contributed by atoms with van der Waals surface area (Å²) in [4.78, 5) is 11.6. The summed E-state index contributed by atoms with van der Waals surface area (Å²) in [6, 6.07) is 13.9. The molecular weight excluding hydrogens is 448 g/mol. The normalized spacial score (nSPS) is 21.7. The number of rotatable bonds is 3. The zero-order valence-corrected chi connectivity index (χ0v) is 19.8. The second-order valence-corrected chi connectivity index (χ2v) is 11.0. The van der Waals surface area contributed by atoms with Crippen LogP contribution in [0.2, 0.25) is 5.02 Å². The van der Waals surface area contributed by atoms with Gasteiger partial charge < -0.3 is 9.80 Å². The zero-order chi connectivity index (χ0) is 23.1. The van der Waals surface area contributed by atoms with Crippen LogP contribution >= 0.6 is 11.6 Å². The predicted octanol–water partition coefficient (Wildman–Crippen LogP) is 3.38. The van der Waals surface area contributed by atoms with Gasteiger partial charge in [0.25, 0.3) is 0 Å². The van der Waals surface area contributed by atoms with Gasteiger partial charge in [0.2, 0.25) is 5.95 Å². The SMILES string of the molecule is CC1(N2Cc3cc(Cl)ccc3-n3c(nnc3N3CC4(CN(c5cccc(C#N)n5)C4)C3)C2)CC1. The van der Waals surface area contributed by atoms with Crippen molar-refractivity contribution < 1.29 is 0 Å². The van der Waals surface area contributed by atoms with Crippen LogP contribution in [0.1, 0.15) is 36.8 Å². The molecule has 2 aromatic heterocycles. The molecule has 34 heavy (non-hydrogen) atoms. The lowest BCUT2D eigenvalue weighted by molar-refractivity contribution is 0.153. The molecule has 5 heterocycles. The second-order valence-electron chi connectivity index (χ2n) is 10.6. The Morgan fingerprint density at radius 1 is 1.00 bits per heavy atom. The van der Waals surface area contributed by atoms with E-state index < -0.39 is 0 Å². The van der Waals surface area contributed by atoms with Crippen molar-refractivity contribution >= 4 is 23.4 Å². The lowest BCUT2D eigenvalue weighted by Gasteiger charge is -2.60. The van der Waals surface area contributed by atoms with Gasteiger partial charge in [0.05, 0.1) is 12.2 Å². The van der Waals surface area contributed by atoms with E-state index in [1.165, 1.54) is 18.4 Å². The van der Waals surface area contributed by atoms with Crippen molar-refractivity contribution in [2.45, 2.75) is 38.4 Å². The number of hydrogen-bond acceptors (Lipinski definition) is 7. The zero-order valence-electron chi connectivity index (χ0n) is 19.1. The Hall–Kier alpha value is -3.15. The van der Waals surface area contributed by atoms with E-state index in [-0.39, 0.29) is 11.0 Å². The van der Waals surface area contributed by atoms with Crippen molar-refractivity contribution in [2.24, 2.45) is 5.41 Å². The molecular formula is C25H25ClN8. The Kier molecular flexibility index (Phi) is 4.13. The Morgan fingerprint density at radius 3 is 2.56 bits per heavy atom. The number of fused-ring (bicyclic) bond motifs is 3. The average molecular weight is 473 g/mol. The molecule has 1 aliphatic carbocycles. The quantitative estimate of drug-likeness (QED) is 0.578. The van der Waals surface area contributed by atoms with Crippen LogP contribution in [-0.4, -0.2) is 56.4 Å². The van der Waals surface area contributed by atoms with Crippen molar-refractivity contribution in [3.63, 3.8) is 0 Å². The maximum Gasteiger partial charge on any atom is 0.231 e. The highest BCUT2D eigenvalue weighted by Gasteiger charge is 2.53. The number of anilines is 2. The molecule has 1 saturated carbocycles. The van der Waals surface area contributed by atoms with Crippen molar-refractivity contribution in [3.05, 3.63) is 58.5 Å². The van der Waals surface area contributed by atoms with E-state index in [0.717, 1.165) is 67.6 Å². The van der Waals surface area contributed by atoms with Gasteiger partial charge in [-0.2, -0.15) is 5.26 Å². The molecule has 172 valence electrons. The summed E-state index contributed by atoms with van der Waals surface area (Å²) in [5, 5.41) is 19.2. The van der Waals surface area contributed by atoms with Gasteiger partial charge in [-0.15, -0.1) is 10.2 Å². The summed E-state index contributed by atoms with van der Waals surface area (Å²) in [5.41, 5.74) is 3.33. The minimum atomic E-state index is 0.244. The van der Waals surface area contributed by atoms with E-state index in [1.807, 2.05) is 18.2 Å². The van der Waals surface area contributed by atoms with Gasteiger partial charge in [0.15, 0.2) is 5.82 Å². The monoisotopic (exact) mass is 472 g/mol. The Balaban J connectivity index is 1.14. The molecule has 9 heteroatoms. The van der Waals surface area contributed by atoms with Gasteiger partial charge in [-0.25, -0.2) is 4.98 Å². The average Bonchev–Trinajstić information content (AvgIpc) is 3.45. The van der Waals surface area contributed by atoms with Gasteiger partial charge in [0.1, 0.15) is 17.6 Å². The number of aromatic nitrogens is 4. The number of benzene rings is 1. The standard InChI is InChI=1S/C25H25ClN8/c1-24(7-8-24)33-11-17-9-18(26)5-6-20(17)34-22(12-33)29-30-23(34)32-15-25(16-32)13-31(14-25)21-4-2-3-19(10-27)28-21/h2-6,9H,7-8,11-16H2,1H3. The third kappa shape index (κ3) is 3.04. The molecule has 8 nitrogen and oxygen atoms in total. The Morgan fingerprint density at radius 2 is 1.79 bits per heavy atom. The molecule has 0 atom stereocenters. The molecule has 7 rings (SSSR count). The summed E-state index contributed by atoms with van der Waals surface area (Å²) in [6.45, 7) is 7.81. The highest BCUT2D eigenvalue weighted by molar-refractivity contribution is 6.30. The fourth-order valence-corrected chi connectivity index (χ4v) is 5.96. The van der Waals surface area contributed by atoms with E-state index in [0.29, 0.717) is 5.69 Å². The molecule has 2 saturated heterocycles. The third-order valence-corrected chi connectivity index (χ3v) is 8.22. The molecule has 0 bridgehead atoms. The van der Waals surface area contributed by atoms with E-state index in [4.69, 9.17) is 16.9 Å². The summed E-state index contributed by atoms with van der Waals surface area (Å²) in [7, 11) is 0. The van der Waals surface area contributed by atoms with E-state index >= 15 is 0 Å². The van der Waals surface area contributed by atoms with Crippen LogP contribution in [0.3, 0.4) is 0 Å². The highest BCUT2D eigenvalue weighted by atomic mass is 35.5. The Labute approximate surface area is 203 Å². The molecule has 1 aromatic carbocycles. The molecule has 3 aliphatic heterocycles. The second kappa shape index (κ2) is 6.94. The smallest absolute Gasteiger partial charge is 0.231 e. The first kappa shape index (κ1) is 20.2. The summed E-state index contributed by atoms with van der Waals surface area (Å²) in [5.74, 6) is 2.81. The van der Waals surface area contributed by atoms with Crippen LogP contribution < -0.4 is 9.80 Å². The number of hydrogen-bond donors (Lipinski definition) is 0. The van der Waals surface area contributed by atoms with Gasteiger partial charge in [-0.3, -0.25) is 9.47 Å². The van der Waals surface area contributed by atoms with Crippen molar-refractivity contribution in [3.8, 4) is 11.8 Å². The van der Waals surface area contributed by atoms with E-state index in [9.17, 15) is 0 Å². The van der Waals surface area contributed by atoms with Crippen LogP contribution in [0.4, 0.5) is 11.8 Å². The minimum Gasteiger partial charge on any atom is -0.355 e. The molecule has 3 aromatic rings. The predicted molar refractivity (Wildman–Crippen MR) is 129 cm³/mol. The molecule has 0 amide bonds. The lowest BCUT2D eigenvalue weighted by atomic mass is 9.73. The molecule has 1 spiro atoms. The fraction of sp³-hybridized carbons (Fsp3) is 0.440. The van der Waals surface area contributed by atoms with Crippen LogP contribution in [-0.2, 0) is 13.1 Å². The number of pyridine rings is 1. The van der Waals surface area contributed by atoms with Gasteiger partial charge in [-0.1, -0.05) is 17.7 Å². The Bertz CT molecular complexity index is 1340. The maximum absolute atomic E-state index is 9.14.